The van der Waals surface area contributed by atoms with Crippen molar-refractivity contribution in [1.82, 2.24) is 34.3 Å². The standard InChI is InChI=1S/C18H23N7O2/c1-13-9-18(27)25-16(21-13)10-15(22-25)14-4-7-23(8-5-14)17(26)3-2-6-24-12-19-11-20-24/h9-12,14,22H,2-8H2,1H3. The van der Waals surface area contributed by atoms with Gasteiger partial charge >= 0.3 is 0 Å². The number of aromatic amines is 1. The van der Waals surface area contributed by atoms with E-state index in [4.69, 9.17) is 0 Å². The van der Waals surface area contributed by atoms with Gasteiger partial charge in [0.15, 0.2) is 5.65 Å². The van der Waals surface area contributed by atoms with E-state index in [2.05, 4.69) is 20.2 Å². The van der Waals surface area contributed by atoms with Gasteiger partial charge in [-0.2, -0.15) is 5.10 Å². The predicted octanol–water partition coefficient (Wildman–Crippen LogP) is 1.11. The van der Waals surface area contributed by atoms with Crippen LogP contribution in [0.3, 0.4) is 0 Å². The van der Waals surface area contributed by atoms with Crippen LogP contribution >= 0.6 is 0 Å². The number of amides is 1. The SMILES string of the molecule is Cc1cc(=O)n2[nH]c(C3CCN(C(=O)CCCn4cncn4)CC3)cc2n1. The molecule has 1 saturated heterocycles. The maximum Gasteiger partial charge on any atom is 0.272 e. The summed E-state index contributed by atoms with van der Waals surface area (Å²) < 4.78 is 3.23. The van der Waals surface area contributed by atoms with Crippen molar-refractivity contribution in [3.05, 3.63) is 46.5 Å². The smallest absolute Gasteiger partial charge is 0.272 e. The number of H-pyrrole nitrogens is 1. The molecule has 0 atom stereocenters. The Morgan fingerprint density at radius 1 is 1.30 bits per heavy atom. The van der Waals surface area contributed by atoms with Crippen LogP contribution in [0.5, 0.6) is 0 Å². The Hall–Kier alpha value is -2.97. The van der Waals surface area contributed by atoms with Gasteiger partial charge in [-0.25, -0.2) is 14.5 Å². The van der Waals surface area contributed by atoms with Crippen LogP contribution in [0.25, 0.3) is 5.65 Å². The van der Waals surface area contributed by atoms with Crippen molar-refractivity contribution in [2.24, 2.45) is 0 Å². The number of aryl methyl sites for hydroxylation is 2. The highest BCUT2D eigenvalue weighted by Gasteiger charge is 2.25. The van der Waals surface area contributed by atoms with E-state index in [-0.39, 0.29) is 11.5 Å². The summed E-state index contributed by atoms with van der Waals surface area (Å²) >= 11 is 0. The zero-order valence-electron chi connectivity index (χ0n) is 15.3. The maximum absolute atomic E-state index is 12.4. The van der Waals surface area contributed by atoms with Gasteiger partial charge in [-0.15, -0.1) is 0 Å². The van der Waals surface area contributed by atoms with E-state index in [0.29, 0.717) is 24.5 Å². The summed E-state index contributed by atoms with van der Waals surface area (Å²) in [5, 5.41) is 7.22. The highest BCUT2D eigenvalue weighted by Crippen LogP contribution is 2.27. The second kappa shape index (κ2) is 7.34. The third-order valence-corrected chi connectivity index (χ3v) is 5.13. The zero-order chi connectivity index (χ0) is 18.8. The van der Waals surface area contributed by atoms with Crippen LogP contribution in [0.4, 0.5) is 0 Å². The molecule has 0 spiro atoms. The minimum absolute atomic E-state index is 0.0938. The Balaban J connectivity index is 1.32. The van der Waals surface area contributed by atoms with Crippen molar-refractivity contribution < 1.29 is 4.79 Å². The summed E-state index contributed by atoms with van der Waals surface area (Å²) in [5.41, 5.74) is 2.30. The minimum atomic E-state index is -0.0938. The van der Waals surface area contributed by atoms with Crippen molar-refractivity contribution in [2.75, 3.05) is 13.1 Å². The first-order chi connectivity index (χ1) is 13.1. The van der Waals surface area contributed by atoms with Gasteiger partial charge in [-0.3, -0.25) is 19.4 Å². The number of aromatic nitrogens is 6. The average molecular weight is 369 g/mol. The van der Waals surface area contributed by atoms with Crippen LogP contribution in [0.15, 0.2) is 29.6 Å². The van der Waals surface area contributed by atoms with E-state index < -0.39 is 0 Å². The van der Waals surface area contributed by atoms with Gasteiger partial charge in [0.2, 0.25) is 5.91 Å². The molecule has 9 nitrogen and oxygen atoms in total. The summed E-state index contributed by atoms with van der Waals surface area (Å²) in [7, 11) is 0. The number of nitrogens with one attached hydrogen (secondary N) is 1. The topological polar surface area (TPSA) is 101 Å². The lowest BCUT2D eigenvalue weighted by Crippen LogP contribution is -2.38. The molecule has 3 aromatic heterocycles. The number of carbonyl (C=O) groups is 1. The molecule has 1 aliphatic rings. The Kier molecular flexibility index (Phi) is 4.74. The van der Waals surface area contributed by atoms with Crippen molar-refractivity contribution in [2.45, 2.75) is 45.1 Å². The Labute approximate surface area is 156 Å². The molecule has 0 unspecified atom stereocenters. The fraction of sp³-hybridized carbons (Fsp3) is 0.500. The molecule has 0 radical (unpaired) electrons. The minimum Gasteiger partial charge on any atom is -0.343 e. The second-order valence-corrected chi connectivity index (χ2v) is 7.06. The van der Waals surface area contributed by atoms with Gasteiger partial charge in [-0.05, 0) is 26.2 Å². The van der Waals surface area contributed by atoms with Crippen LogP contribution in [0.2, 0.25) is 0 Å². The van der Waals surface area contributed by atoms with E-state index in [1.807, 2.05) is 17.9 Å². The van der Waals surface area contributed by atoms with Gasteiger partial charge in [0, 0.05) is 55.5 Å². The monoisotopic (exact) mass is 369 g/mol. The number of nitrogens with zero attached hydrogens (tertiary/aromatic N) is 6. The van der Waals surface area contributed by atoms with E-state index in [1.54, 1.807) is 11.0 Å². The number of carbonyl (C=O) groups excluding carboxylic acids is 1. The fourth-order valence-electron chi connectivity index (χ4n) is 3.68. The molecule has 3 aromatic rings. The lowest BCUT2D eigenvalue weighted by atomic mass is 9.93. The van der Waals surface area contributed by atoms with Crippen molar-refractivity contribution >= 4 is 11.6 Å². The molecular weight excluding hydrogens is 346 g/mol. The molecule has 0 aromatic carbocycles. The number of likely N-dealkylation sites (tertiary alicyclic amines) is 1. The molecule has 1 fully saturated rings. The first-order valence-corrected chi connectivity index (χ1v) is 9.29. The van der Waals surface area contributed by atoms with Crippen molar-refractivity contribution in [3.8, 4) is 0 Å². The quantitative estimate of drug-likeness (QED) is 0.726. The van der Waals surface area contributed by atoms with E-state index in [1.165, 1.54) is 16.9 Å². The number of fused-ring (bicyclic) bond motifs is 1. The van der Waals surface area contributed by atoms with Crippen molar-refractivity contribution in [1.29, 1.82) is 0 Å². The highest BCUT2D eigenvalue weighted by atomic mass is 16.2. The molecule has 1 amide bonds. The third kappa shape index (κ3) is 3.76. The second-order valence-electron chi connectivity index (χ2n) is 7.06. The predicted molar refractivity (Wildman–Crippen MR) is 98.4 cm³/mol. The Bertz CT molecular complexity index is 981. The Morgan fingerprint density at radius 2 is 2.11 bits per heavy atom. The molecule has 1 aliphatic heterocycles. The summed E-state index contributed by atoms with van der Waals surface area (Å²) in [5.74, 6) is 0.504. The molecule has 0 saturated carbocycles. The van der Waals surface area contributed by atoms with Gasteiger partial charge in [0.1, 0.15) is 12.7 Å². The molecule has 0 bridgehead atoms. The summed E-state index contributed by atoms with van der Waals surface area (Å²) in [6.45, 7) is 4.01. The van der Waals surface area contributed by atoms with Crippen molar-refractivity contribution in [3.63, 3.8) is 0 Å². The van der Waals surface area contributed by atoms with Crippen LogP contribution < -0.4 is 5.56 Å². The largest absolute Gasteiger partial charge is 0.343 e. The third-order valence-electron chi connectivity index (χ3n) is 5.13. The van der Waals surface area contributed by atoms with Gasteiger partial charge < -0.3 is 4.90 Å². The molecule has 1 N–H and O–H groups in total. The van der Waals surface area contributed by atoms with E-state index in [0.717, 1.165) is 43.7 Å². The molecule has 4 rings (SSSR count). The number of hydrogen-bond acceptors (Lipinski definition) is 5. The number of rotatable bonds is 5. The number of hydrogen-bond donors (Lipinski definition) is 1. The average Bonchev–Trinajstić information content (AvgIpc) is 3.31. The van der Waals surface area contributed by atoms with Gasteiger partial charge in [0.05, 0.1) is 0 Å². The van der Waals surface area contributed by atoms with E-state index >= 15 is 0 Å². The maximum atomic E-state index is 12.4. The highest BCUT2D eigenvalue weighted by molar-refractivity contribution is 5.76. The van der Waals surface area contributed by atoms with Crippen LogP contribution in [0, 0.1) is 6.92 Å². The molecule has 9 heteroatoms. The molecular formula is C18H23N7O2. The lowest BCUT2D eigenvalue weighted by Gasteiger charge is -2.31. The first-order valence-electron chi connectivity index (χ1n) is 9.29. The fourth-order valence-corrected chi connectivity index (χ4v) is 3.68. The zero-order valence-corrected chi connectivity index (χ0v) is 15.3. The van der Waals surface area contributed by atoms with Gasteiger partial charge in [0.25, 0.3) is 5.56 Å². The van der Waals surface area contributed by atoms with Gasteiger partial charge in [-0.1, -0.05) is 0 Å². The van der Waals surface area contributed by atoms with Crippen LogP contribution in [-0.4, -0.2) is 53.3 Å². The Morgan fingerprint density at radius 3 is 2.85 bits per heavy atom. The molecule has 4 heterocycles. The number of piperidine rings is 1. The summed E-state index contributed by atoms with van der Waals surface area (Å²) in [6.07, 6.45) is 6.22. The van der Waals surface area contributed by atoms with Crippen LogP contribution in [0.1, 0.15) is 43.0 Å². The normalized spacial score (nSPS) is 15.5. The van der Waals surface area contributed by atoms with Crippen LogP contribution in [-0.2, 0) is 11.3 Å². The molecule has 142 valence electrons. The molecule has 0 aliphatic carbocycles. The van der Waals surface area contributed by atoms with E-state index in [9.17, 15) is 9.59 Å². The summed E-state index contributed by atoms with van der Waals surface area (Å²) in [4.78, 5) is 34.7. The lowest BCUT2D eigenvalue weighted by molar-refractivity contribution is -0.132. The first kappa shape index (κ1) is 17.4. The summed E-state index contributed by atoms with van der Waals surface area (Å²) in [6, 6.07) is 3.47. The molecule has 27 heavy (non-hydrogen) atoms.